The zero-order valence-electron chi connectivity index (χ0n) is 9.53. The molecule has 0 amide bonds. The van der Waals surface area contributed by atoms with Crippen LogP contribution in [-0.2, 0) is 6.42 Å². The molecule has 0 radical (unpaired) electrons. The van der Waals surface area contributed by atoms with Gasteiger partial charge < -0.3 is 4.42 Å². The fourth-order valence-electron chi connectivity index (χ4n) is 1.29. The largest absolute Gasteiger partial charge is 0.445 e. The monoisotopic (exact) mass is 203 g/mol. The molecule has 0 unspecified atom stereocenters. The average Bonchev–Trinajstić information content (AvgIpc) is 2.85. The van der Waals surface area contributed by atoms with Crippen molar-refractivity contribution < 1.29 is 4.42 Å². The topological polar surface area (TPSA) is 26.0 Å². The van der Waals surface area contributed by atoms with E-state index < -0.39 is 0 Å². The summed E-state index contributed by atoms with van der Waals surface area (Å²) in [6.07, 6.45) is 4.29. The number of hydrogen-bond acceptors (Lipinski definition) is 2. The first-order chi connectivity index (χ1) is 7.40. The molecule has 1 aromatic heterocycles. The van der Waals surface area contributed by atoms with Crippen LogP contribution in [0.25, 0.3) is 11.5 Å². The van der Waals surface area contributed by atoms with E-state index in [1.54, 1.807) is 12.5 Å². The molecule has 0 N–H and O–H groups in total. The second kappa shape index (κ2) is 6.02. The standard InChI is InChI=1S/C11H11NO.C2H6/c1-2-9-4-3-5-10(8-9)11-12-6-7-13-11;1-2/h3-8H,2H2,1H3;1-2H3. The van der Waals surface area contributed by atoms with Crippen LogP contribution in [-0.4, -0.2) is 4.98 Å². The molecule has 0 aliphatic heterocycles. The highest BCUT2D eigenvalue weighted by atomic mass is 16.3. The lowest BCUT2D eigenvalue weighted by atomic mass is 10.1. The Balaban J connectivity index is 0.000000531. The molecule has 0 spiro atoms. The summed E-state index contributed by atoms with van der Waals surface area (Å²) < 4.78 is 5.21. The molecule has 2 heteroatoms. The Bertz CT molecular complexity index is 379. The van der Waals surface area contributed by atoms with Crippen molar-refractivity contribution in [2.75, 3.05) is 0 Å². The maximum absolute atomic E-state index is 5.21. The number of aryl methyl sites for hydroxylation is 1. The molecule has 2 aromatic rings. The minimum atomic E-state index is 0.690. The SMILES string of the molecule is CC.CCc1cccc(-c2ncco2)c1. The summed E-state index contributed by atoms with van der Waals surface area (Å²) in [4.78, 5) is 4.10. The quantitative estimate of drug-likeness (QED) is 0.739. The van der Waals surface area contributed by atoms with Crippen LogP contribution < -0.4 is 0 Å². The van der Waals surface area contributed by atoms with Crippen LogP contribution >= 0.6 is 0 Å². The van der Waals surface area contributed by atoms with E-state index in [9.17, 15) is 0 Å². The third kappa shape index (κ3) is 2.94. The fourth-order valence-corrected chi connectivity index (χ4v) is 1.29. The highest BCUT2D eigenvalue weighted by Gasteiger charge is 2.01. The number of oxazole rings is 1. The molecule has 0 bridgehead atoms. The summed E-state index contributed by atoms with van der Waals surface area (Å²) in [7, 11) is 0. The van der Waals surface area contributed by atoms with Crippen molar-refractivity contribution in [2.24, 2.45) is 0 Å². The number of aromatic nitrogens is 1. The van der Waals surface area contributed by atoms with Crippen LogP contribution in [0.3, 0.4) is 0 Å². The predicted molar refractivity (Wildman–Crippen MR) is 62.7 cm³/mol. The molecule has 1 heterocycles. The van der Waals surface area contributed by atoms with Gasteiger partial charge in [0.15, 0.2) is 0 Å². The molecule has 2 nitrogen and oxygen atoms in total. The molecule has 0 fully saturated rings. The predicted octanol–water partition coefficient (Wildman–Crippen LogP) is 3.93. The molecular formula is C13H17NO. The van der Waals surface area contributed by atoms with Crippen molar-refractivity contribution in [3.05, 3.63) is 42.3 Å². The van der Waals surface area contributed by atoms with Gasteiger partial charge in [0.25, 0.3) is 0 Å². The highest BCUT2D eigenvalue weighted by Crippen LogP contribution is 2.18. The Morgan fingerprint density at radius 3 is 2.67 bits per heavy atom. The maximum Gasteiger partial charge on any atom is 0.225 e. The van der Waals surface area contributed by atoms with Gasteiger partial charge in [-0.05, 0) is 24.1 Å². The molecule has 0 saturated carbocycles. The average molecular weight is 203 g/mol. The van der Waals surface area contributed by atoms with Gasteiger partial charge in [-0.2, -0.15) is 0 Å². The Morgan fingerprint density at radius 2 is 2.07 bits per heavy atom. The zero-order chi connectivity index (χ0) is 11.1. The minimum Gasteiger partial charge on any atom is -0.445 e. The molecule has 80 valence electrons. The first-order valence-corrected chi connectivity index (χ1v) is 5.39. The lowest BCUT2D eigenvalue weighted by molar-refractivity contribution is 0.574. The van der Waals surface area contributed by atoms with Crippen molar-refractivity contribution in [3.8, 4) is 11.5 Å². The molecule has 0 aliphatic rings. The smallest absolute Gasteiger partial charge is 0.225 e. The number of rotatable bonds is 2. The van der Waals surface area contributed by atoms with E-state index in [2.05, 4.69) is 24.0 Å². The zero-order valence-corrected chi connectivity index (χ0v) is 9.53. The van der Waals surface area contributed by atoms with Crippen molar-refractivity contribution in [1.29, 1.82) is 0 Å². The highest BCUT2D eigenvalue weighted by molar-refractivity contribution is 5.53. The summed E-state index contributed by atoms with van der Waals surface area (Å²) in [5.41, 5.74) is 2.35. The molecule has 0 atom stereocenters. The van der Waals surface area contributed by atoms with E-state index in [1.165, 1.54) is 5.56 Å². The van der Waals surface area contributed by atoms with E-state index >= 15 is 0 Å². The number of benzene rings is 1. The van der Waals surface area contributed by atoms with Crippen LogP contribution in [0.4, 0.5) is 0 Å². The number of nitrogens with zero attached hydrogens (tertiary/aromatic N) is 1. The normalized spacial score (nSPS) is 9.27. The Kier molecular flexibility index (Phi) is 4.61. The van der Waals surface area contributed by atoms with Crippen molar-refractivity contribution >= 4 is 0 Å². The number of hydrogen-bond donors (Lipinski definition) is 0. The van der Waals surface area contributed by atoms with Crippen LogP contribution in [0.15, 0.2) is 41.1 Å². The molecule has 0 aliphatic carbocycles. The molecular weight excluding hydrogens is 186 g/mol. The third-order valence-corrected chi connectivity index (χ3v) is 2.01. The van der Waals surface area contributed by atoms with Crippen molar-refractivity contribution in [3.63, 3.8) is 0 Å². The summed E-state index contributed by atoms with van der Waals surface area (Å²) in [6, 6.07) is 8.24. The van der Waals surface area contributed by atoms with Gasteiger partial charge in [-0.1, -0.05) is 32.9 Å². The summed E-state index contributed by atoms with van der Waals surface area (Å²) in [5.74, 6) is 0.690. The van der Waals surface area contributed by atoms with E-state index in [-0.39, 0.29) is 0 Å². The van der Waals surface area contributed by atoms with E-state index in [0.29, 0.717) is 5.89 Å². The fraction of sp³-hybridized carbons (Fsp3) is 0.308. The van der Waals surface area contributed by atoms with E-state index in [1.807, 2.05) is 26.0 Å². The van der Waals surface area contributed by atoms with Crippen molar-refractivity contribution in [2.45, 2.75) is 27.2 Å². The van der Waals surface area contributed by atoms with Gasteiger partial charge in [0.1, 0.15) is 6.26 Å². The Labute approximate surface area is 91.0 Å². The van der Waals surface area contributed by atoms with Crippen LogP contribution in [0.1, 0.15) is 26.3 Å². The van der Waals surface area contributed by atoms with Gasteiger partial charge in [-0.25, -0.2) is 4.98 Å². The summed E-state index contributed by atoms with van der Waals surface area (Å²) in [6.45, 7) is 6.13. The summed E-state index contributed by atoms with van der Waals surface area (Å²) >= 11 is 0. The summed E-state index contributed by atoms with van der Waals surface area (Å²) in [5, 5.41) is 0. The van der Waals surface area contributed by atoms with Gasteiger partial charge in [0.2, 0.25) is 5.89 Å². The second-order valence-electron chi connectivity index (χ2n) is 2.89. The first kappa shape index (κ1) is 11.5. The van der Waals surface area contributed by atoms with Crippen LogP contribution in [0.5, 0.6) is 0 Å². The maximum atomic E-state index is 5.21. The lowest BCUT2D eigenvalue weighted by Gasteiger charge is -1.98. The molecule has 0 saturated heterocycles. The van der Waals surface area contributed by atoms with Crippen molar-refractivity contribution in [1.82, 2.24) is 4.98 Å². The van der Waals surface area contributed by atoms with Crippen LogP contribution in [0, 0.1) is 0 Å². The van der Waals surface area contributed by atoms with Gasteiger partial charge >= 0.3 is 0 Å². The second-order valence-corrected chi connectivity index (χ2v) is 2.89. The minimum absolute atomic E-state index is 0.690. The third-order valence-electron chi connectivity index (χ3n) is 2.01. The molecule has 1 aromatic carbocycles. The van der Waals surface area contributed by atoms with Gasteiger partial charge in [-0.15, -0.1) is 0 Å². The lowest BCUT2D eigenvalue weighted by Crippen LogP contribution is -1.81. The Morgan fingerprint density at radius 1 is 1.27 bits per heavy atom. The van der Waals surface area contributed by atoms with Gasteiger partial charge in [-0.3, -0.25) is 0 Å². The first-order valence-electron chi connectivity index (χ1n) is 5.39. The molecule has 2 rings (SSSR count). The van der Waals surface area contributed by atoms with Gasteiger partial charge in [0, 0.05) is 5.56 Å². The van der Waals surface area contributed by atoms with Gasteiger partial charge in [0.05, 0.1) is 6.20 Å². The van der Waals surface area contributed by atoms with E-state index in [0.717, 1.165) is 12.0 Å². The van der Waals surface area contributed by atoms with E-state index in [4.69, 9.17) is 4.42 Å². The Hall–Kier alpha value is -1.57. The molecule has 15 heavy (non-hydrogen) atoms. The van der Waals surface area contributed by atoms with Crippen LogP contribution in [0.2, 0.25) is 0 Å².